The van der Waals surface area contributed by atoms with Gasteiger partial charge in [-0.3, -0.25) is 4.79 Å². The van der Waals surface area contributed by atoms with Gasteiger partial charge in [0, 0.05) is 29.6 Å². The molecular weight excluding hydrogens is 344 g/mol. The van der Waals surface area contributed by atoms with Crippen molar-refractivity contribution in [2.45, 2.75) is 18.9 Å². The number of ether oxygens (including phenoxy) is 1. The minimum absolute atomic E-state index is 0.126. The Labute approximate surface area is 151 Å². The molecule has 0 aliphatic carbocycles. The first-order valence-electron chi connectivity index (χ1n) is 7.94. The summed E-state index contributed by atoms with van der Waals surface area (Å²) in [7, 11) is 0. The van der Waals surface area contributed by atoms with Crippen molar-refractivity contribution in [3.63, 3.8) is 0 Å². The van der Waals surface area contributed by atoms with Gasteiger partial charge in [0.1, 0.15) is 6.10 Å². The topological polar surface area (TPSA) is 51.2 Å². The normalized spacial score (nSPS) is 16.8. The quantitative estimate of drug-likeness (QED) is 0.853. The lowest BCUT2D eigenvalue weighted by atomic mass is 10.1. The molecule has 1 aliphatic rings. The lowest BCUT2D eigenvalue weighted by Gasteiger charge is -2.11. The van der Waals surface area contributed by atoms with Crippen LogP contribution in [0.5, 0.6) is 5.88 Å². The lowest BCUT2D eigenvalue weighted by molar-refractivity contribution is 0.0953. The third kappa shape index (κ3) is 4.89. The van der Waals surface area contributed by atoms with Crippen molar-refractivity contribution in [1.29, 1.82) is 0 Å². The van der Waals surface area contributed by atoms with Gasteiger partial charge in [-0.05, 0) is 42.4 Å². The van der Waals surface area contributed by atoms with Crippen LogP contribution in [0.1, 0.15) is 22.3 Å². The van der Waals surface area contributed by atoms with E-state index in [-0.39, 0.29) is 12.0 Å². The number of pyridine rings is 1. The van der Waals surface area contributed by atoms with Crippen LogP contribution < -0.4 is 10.1 Å². The summed E-state index contributed by atoms with van der Waals surface area (Å²) in [6, 6.07) is 11.1. The van der Waals surface area contributed by atoms with Crippen molar-refractivity contribution in [2.24, 2.45) is 0 Å². The summed E-state index contributed by atoms with van der Waals surface area (Å²) in [5.74, 6) is 2.60. The zero-order valence-corrected chi connectivity index (χ0v) is 14.8. The van der Waals surface area contributed by atoms with Gasteiger partial charge in [-0.2, -0.15) is 11.8 Å². The fourth-order valence-electron chi connectivity index (χ4n) is 2.43. The largest absolute Gasteiger partial charge is 0.473 e. The molecule has 1 aromatic carbocycles. The van der Waals surface area contributed by atoms with Gasteiger partial charge in [0.05, 0.1) is 5.56 Å². The number of thioether (sulfide) groups is 1. The third-order valence-electron chi connectivity index (χ3n) is 3.79. The van der Waals surface area contributed by atoms with Crippen molar-refractivity contribution in [3.05, 3.63) is 58.7 Å². The Kier molecular flexibility index (Phi) is 5.99. The molecule has 0 spiro atoms. The van der Waals surface area contributed by atoms with Crippen LogP contribution in [0.2, 0.25) is 5.02 Å². The van der Waals surface area contributed by atoms with Gasteiger partial charge in [0.2, 0.25) is 5.88 Å². The van der Waals surface area contributed by atoms with E-state index in [0.717, 1.165) is 29.9 Å². The Bertz CT molecular complexity index is 670. The van der Waals surface area contributed by atoms with Crippen molar-refractivity contribution < 1.29 is 9.53 Å². The zero-order valence-electron chi connectivity index (χ0n) is 13.2. The summed E-state index contributed by atoms with van der Waals surface area (Å²) in [6.45, 7) is 0.567. The molecule has 2 heterocycles. The maximum absolute atomic E-state index is 12.1. The molecule has 2 aromatic rings. The highest BCUT2D eigenvalue weighted by molar-refractivity contribution is 7.99. The molecule has 3 rings (SSSR count). The van der Waals surface area contributed by atoms with Crippen molar-refractivity contribution in [1.82, 2.24) is 10.3 Å². The fraction of sp³-hybridized carbons (Fsp3) is 0.333. The van der Waals surface area contributed by atoms with Crippen LogP contribution in [0, 0.1) is 0 Å². The van der Waals surface area contributed by atoms with Gasteiger partial charge in [0.25, 0.3) is 5.91 Å². The number of amides is 1. The molecule has 1 saturated heterocycles. The first kappa shape index (κ1) is 17.1. The fourth-order valence-corrected chi connectivity index (χ4v) is 3.65. The highest BCUT2D eigenvalue weighted by atomic mass is 35.5. The van der Waals surface area contributed by atoms with Crippen molar-refractivity contribution in [3.8, 4) is 5.88 Å². The summed E-state index contributed by atoms with van der Waals surface area (Å²) in [5.41, 5.74) is 1.68. The van der Waals surface area contributed by atoms with Crippen LogP contribution in [0.4, 0.5) is 0 Å². The highest BCUT2D eigenvalue weighted by Crippen LogP contribution is 2.21. The van der Waals surface area contributed by atoms with Crippen LogP contribution >= 0.6 is 23.4 Å². The second-order valence-corrected chi connectivity index (χ2v) is 7.21. The molecular formula is C18H19ClN2O2S. The summed E-state index contributed by atoms with van der Waals surface area (Å²) in [4.78, 5) is 16.4. The maximum atomic E-state index is 12.1. The Balaban J connectivity index is 1.46. The predicted molar refractivity (Wildman–Crippen MR) is 98.1 cm³/mol. The summed E-state index contributed by atoms with van der Waals surface area (Å²) in [5, 5.41) is 3.61. The molecule has 1 N–H and O–H groups in total. The average molecular weight is 363 g/mol. The van der Waals surface area contributed by atoms with E-state index < -0.39 is 0 Å². The Morgan fingerprint density at radius 3 is 2.79 bits per heavy atom. The monoisotopic (exact) mass is 362 g/mol. The molecule has 1 aromatic heterocycles. The maximum Gasteiger partial charge on any atom is 0.252 e. The summed E-state index contributed by atoms with van der Waals surface area (Å²) < 4.78 is 5.78. The van der Waals surface area contributed by atoms with E-state index in [9.17, 15) is 4.79 Å². The highest BCUT2D eigenvalue weighted by Gasteiger charge is 2.17. The molecule has 4 nitrogen and oxygen atoms in total. The average Bonchev–Trinajstić information content (AvgIpc) is 3.10. The molecule has 0 bridgehead atoms. The molecule has 1 aliphatic heterocycles. The van der Waals surface area contributed by atoms with Crippen LogP contribution in [-0.2, 0) is 6.42 Å². The number of benzene rings is 1. The first-order chi connectivity index (χ1) is 11.7. The van der Waals surface area contributed by atoms with E-state index in [1.807, 2.05) is 36.0 Å². The number of aromatic nitrogens is 1. The Morgan fingerprint density at radius 2 is 2.12 bits per heavy atom. The van der Waals surface area contributed by atoms with E-state index >= 15 is 0 Å². The minimum Gasteiger partial charge on any atom is -0.473 e. The molecule has 1 atom stereocenters. The van der Waals surface area contributed by atoms with Gasteiger partial charge >= 0.3 is 0 Å². The zero-order chi connectivity index (χ0) is 16.8. The standard InChI is InChI=1S/C18H19ClN2O2S/c19-15-4-1-13(2-5-15)7-9-20-18(22)14-3-6-17(21-11-14)23-16-8-10-24-12-16/h1-6,11,16H,7-10,12H2,(H,20,22). The number of halogens is 1. The molecule has 1 amide bonds. The van der Waals surface area contributed by atoms with E-state index in [1.54, 1.807) is 18.3 Å². The second-order valence-electron chi connectivity index (χ2n) is 5.62. The van der Waals surface area contributed by atoms with Gasteiger partial charge in [-0.1, -0.05) is 23.7 Å². The number of nitrogens with zero attached hydrogens (tertiary/aromatic N) is 1. The third-order valence-corrected chi connectivity index (χ3v) is 5.17. The second kappa shape index (κ2) is 8.40. The Morgan fingerprint density at radius 1 is 1.29 bits per heavy atom. The molecule has 6 heteroatoms. The summed E-state index contributed by atoms with van der Waals surface area (Å²) >= 11 is 7.75. The number of carbonyl (C=O) groups excluding carboxylic acids is 1. The van der Waals surface area contributed by atoms with Crippen molar-refractivity contribution >= 4 is 29.3 Å². The number of nitrogens with one attached hydrogen (secondary N) is 1. The van der Waals surface area contributed by atoms with Gasteiger partial charge in [-0.25, -0.2) is 4.98 Å². The number of hydrogen-bond donors (Lipinski definition) is 1. The molecule has 1 fully saturated rings. The van der Waals surface area contributed by atoms with Gasteiger partial charge in [0.15, 0.2) is 0 Å². The molecule has 1 unspecified atom stereocenters. The van der Waals surface area contributed by atoms with Gasteiger partial charge in [-0.15, -0.1) is 0 Å². The number of rotatable bonds is 6. The van der Waals surface area contributed by atoms with Crippen LogP contribution in [0.15, 0.2) is 42.6 Å². The predicted octanol–water partition coefficient (Wildman–Crippen LogP) is 3.59. The van der Waals surface area contributed by atoms with E-state index in [2.05, 4.69) is 10.3 Å². The summed E-state index contributed by atoms with van der Waals surface area (Å²) in [6.07, 6.45) is 3.62. The smallest absolute Gasteiger partial charge is 0.252 e. The molecule has 0 saturated carbocycles. The van der Waals surface area contributed by atoms with E-state index in [0.29, 0.717) is 23.0 Å². The Hall–Kier alpha value is -1.72. The molecule has 0 radical (unpaired) electrons. The first-order valence-corrected chi connectivity index (χ1v) is 9.47. The van der Waals surface area contributed by atoms with Crippen LogP contribution in [0.25, 0.3) is 0 Å². The number of carbonyl (C=O) groups is 1. The van der Waals surface area contributed by atoms with Gasteiger partial charge < -0.3 is 10.1 Å². The van der Waals surface area contributed by atoms with E-state index in [4.69, 9.17) is 16.3 Å². The van der Waals surface area contributed by atoms with Crippen LogP contribution in [0.3, 0.4) is 0 Å². The SMILES string of the molecule is O=C(NCCc1ccc(Cl)cc1)c1ccc(OC2CCSC2)nc1. The van der Waals surface area contributed by atoms with E-state index in [1.165, 1.54) is 0 Å². The molecule has 24 heavy (non-hydrogen) atoms. The van der Waals surface area contributed by atoms with Crippen molar-refractivity contribution in [2.75, 3.05) is 18.1 Å². The van der Waals surface area contributed by atoms with Crippen LogP contribution in [-0.4, -0.2) is 35.0 Å². The molecule has 126 valence electrons. The lowest BCUT2D eigenvalue weighted by Crippen LogP contribution is -2.25. The minimum atomic E-state index is -0.126. The number of hydrogen-bond acceptors (Lipinski definition) is 4.